The van der Waals surface area contributed by atoms with Crippen molar-refractivity contribution in [3.05, 3.63) is 47.4 Å². The molecule has 29 heavy (non-hydrogen) atoms. The van der Waals surface area contributed by atoms with Crippen LogP contribution in [0.1, 0.15) is 23.0 Å². The topological polar surface area (TPSA) is 72.8 Å². The molecule has 0 aliphatic carbocycles. The third-order valence-corrected chi connectivity index (χ3v) is 4.70. The zero-order valence-electron chi connectivity index (χ0n) is 15.7. The number of aryl methyl sites for hydroxylation is 1. The highest BCUT2D eigenvalue weighted by Gasteiger charge is 2.22. The average Bonchev–Trinajstić information content (AvgIpc) is 3.27. The molecule has 150 valence electrons. The SMILES string of the molecule is CCc1ccc2cc(-c3nc4cc(C(=O)OC)c(F)cc4n3CC(F)F)[nH]c2n1. The molecule has 0 fully saturated rings. The van der Waals surface area contributed by atoms with Gasteiger partial charge in [-0.2, -0.15) is 0 Å². The van der Waals surface area contributed by atoms with E-state index in [1.165, 1.54) is 10.6 Å². The van der Waals surface area contributed by atoms with E-state index < -0.39 is 24.8 Å². The van der Waals surface area contributed by atoms with Gasteiger partial charge in [0.15, 0.2) is 5.82 Å². The van der Waals surface area contributed by atoms with Crippen LogP contribution in [0.15, 0.2) is 30.3 Å². The number of H-pyrrole nitrogens is 1. The minimum absolute atomic E-state index is 0.159. The molecule has 3 heterocycles. The number of hydrogen-bond acceptors (Lipinski definition) is 4. The monoisotopic (exact) mass is 402 g/mol. The van der Waals surface area contributed by atoms with Crippen molar-refractivity contribution in [2.45, 2.75) is 26.3 Å². The Morgan fingerprint density at radius 3 is 2.72 bits per heavy atom. The Kier molecular flexibility index (Phi) is 4.73. The van der Waals surface area contributed by atoms with Crippen LogP contribution in [0.5, 0.6) is 0 Å². The summed E-state index contributed by atoms with van der Waals surface area (Å²) in [4.78, 5) is 23.7. The number of ether oxygens (including phenoxy) is 1. The number of pyridine rings is 1. The standard InChI is InChI=1S/C20H17F3N4O2/c1-3-11-5-4-10-6-15(25-18(10)24-11)19-26-14-7-12(20(28)29-2)13(21)8-16(14)27(19)9-17(22)23/h4-8,17H,3,9H2,1-2H3,(H,24,25). The number of fused-ring (bicyclic) bond motifs is 2. The quantitative estimate of drug-likeness (QED) is 0.504. The fourth-order valence-electron chi connectivity index (χ4n) is 3.30. The molecule has 0 radical (unpaired) electrons. The van der Waals surface area contributed by atoms with Gasteiger partial charge in [0.25, 0.3) is 6.43 Å². The lowest BCUT2D eigenvalue weighted by Gasteiger charge is -2.08. The molecule has 1 N–H and O–H groups in total. The van der Waals surface area contributed by atoms with Crippen molar-refractivity contribution < 1.29 is 22.7 Å². The number of rotatable bonds is 5. The van der Waals surface area contributed by atoms with Gasteiger partial charge in [0.05, 0.1) is 35.9 Å². The fourth-order valence-corrected chi connectivity index (χ4v) is 3.30. The second-order valence-electron chi connectivity index (χ2n) is 6.53. The summed E-state index contributed by atoms with van der Waals surface area (Å²) in [6.45, 7) is 1.30. The molecular formula is C20H17F3N4O2. The Hall–Kier alpha value is -3.36. The summed E-state index contributed by atoms with van der Waals surface area (Å²) >= 11 is 0. The number of aromatic amines is 1. The van der Waals surface area contributed by atoms with Crippen LogP contribution in [0.3, 0.4) is 0 Å². The summed E-state index contributed by atoms with van der Waals surface area (Å²) in [5, 5.41) is 0.800. The first-order chi connectivity index (χ1) is 13.9. The van der Waals surface area contributed by atoms with E-state index in [-0.39, 0.29) is 22.4 Å². The largest absolute Gasteiger partial charge is 0.465 e. The summed E-state index contributed by atoms with van der Waals surface area (Å²) in [6, 6.07) is 7.76. The Morgan fingerprint density at radius 1 is 1.24 bits per heavy atom. The lowest BCUT2D eigenvalue weighted by molar-refractivity contribution is 0.0595. The summed E-state index contributed by atoms with van der Waals surface area (Å²) in [5.41, 5.74) is 2.03. The molecule has 0 bridgehead atoms. The lowest BCUT2D eigenvalue weighted by Crippen LogP contribution is -2.09. The Balaban J connectivity index is 1.93. The number of halogens is 3. The van der Waals surface area contributed by atoms with Crippen LogP contribution in [0.2, 0.25) is 0 Å². The molecule has 0 unspecified atom stereocenters. The molecule has 9 heteroatoms. The van der Waals surface area contributed by atoms with Crippen molar-refractivity contribution >= 4 is 28.0 Å². The molecule has 0 saturated heterocycles. The first kappa shape index (κ1) is 19.0. The van der Waals surface area contributed by atoms with E-state index >= 15 is 0 Å². The Labute approximate surface area is 163 Å². The number of aromatic nitrogens is 4. The van der Waals surface area contributed by atoms with Crippen molar-refractivity contribution in [2.24, 2.45) is 0 Å². The first-order valence-corrected chi connectivity index (χ1v) is 8.96. The van der Waals surface area contributed by atoms with Gasteiger partial charge in [-0.05, 0) is 30.7 Å². The molecule has 0 aliphatic rings. The summed E-state index contributed by atoms with van der Waals surface area (Å²) < 4.78 is 46.7. The maximum Gasteiger partial charge on any atom is 0.340 e. The molecule has 0 saturated carbocycles. The van der Waals surface area contributed by atoms with Gasteiger partial charge >= 0.3 is 5.97 Å². The van der Waals surface area contributed by atoms with E-state index in [1.807, 2.05) is 19.1 Å². The van der Waals surface area contributed by atoms with Gasteiger partial charge in [-0.3, -0.25) is 0 Å². The Bertz CT molecular complexity index is 1230. The summed E-state index contributed by atoms with van der Waals surface area (Å²) in [7, 11) is 1.13. The van der Waals surface area contributed by atoms with Crippen molar-refractivity contribution in [3.8, 4) is 11.5 Å². The number of imidazole rings is 1. The normalized spacial score (nSPS) is 11.7. The maximum atomic E-state index is 14.4. The molecule has 1 aromatic carbocycles. The van der Waals surface area contributed by atoms with Crippen LogP contribution in [0.4, 0.5) is 13.2 Å². The van der Waals surface area contributed by atoms with Gasteiger partial charge in [0.1, 0.15) is 11.5 Å². The second kappa shape index (κ2) is 7.23. The second-order valence-corrected chi connectivity index (χ2v) is 6.53. The average molecular weight is 402 g/mol. The van der Waals surface area contributed by atoms with Gasteiger partial charge in [-0.15, -0.1) is 0 Å². The number of alkyl halides is 2. The van der Waals surface area contributed by atoms with Crippen LogP contribution in [-0.2, 0) is 17.7 Å². The third kappa shape index (κ3) is 3.32. The first-order valence-electron chi connectivity index (χ1n) is 8.96. The number of carbonyl (C=O) groups excluding carboxylic acids is 1. The smallest absolute Gasteiger partial charge is 0.340 e. The fraction of sp³-hybridized carbons (Fsp3) is 0.250. The van der Waals surface area contributed by atoms with Gasteiger partial charge in [-0.25, -0.2) is 27.9 Å². The highest BCUT2D eigenvalue weighted by atomic mass is 19.3. The highest BCUT2D eigenvalue weighted by Crippen LogP contribution is 2.29. The van der Waals surface area contributed by atoms with Crippen LogP contribution >= 0.6 is 0 Å². The van der Waals surface area contributed by atoms with E-state index in [2.05, 4.69) is 19.7 Å². The molecule has 4 rings (SSSR count). The lowest BCUT2D eigenvalue weighted by atomic mass is 10.2. The van der Waals surface area contributed by atoms with Gasteiger partial charge < -0.3 is 14.3 Å². The van der Waals surface area contributed by atoms with Crippen LogP contribution in [-0.4, -0.2) is 39.0 Å². The van der Waals surface area contributed by atoms with Crippen LogP contribution < -0.4 is 0 Å². The number of methoxy groups -OCH3 is 1. The predicted molar refractivity (Wildman–Crippen MR) is 102 cm³/mol. The molecule has 0 atom stereocenters. The van der Waals surface area contributed by atoms with Gasteiger partial charge in [0.2, 0.25) is 0 Å². The van der Waals surface area contributed by atoms with Crippen molar-refractivity contribution in [1.82, 2.24) is 19.5 Å². The molecule has 4 aromatic rings. The third-order valence-electron chi connectivity index (χ3n) is 4.70. The number of carbonyl (C=O) groups is 1. The van der Waals surface area contributed by atoms with Crippen molar-refractivity contribution in [3.63, 3.8) is 0 Å². The molecule has 6 nitrogen and oxygen atoms in total. The molecule has 0 spiro atoms. The molecule has 3 aromatic heterocycles. The minimum Gasteiger partial charge on any atom is -0.465 e. The van der Waals surface area contributed by atoms with Crippen molar-refractivity contribution in [1.29, 1.82) is 0 Å². The molecular weight excluding hydrogens is 385 g/mol. The van der Waals surface area contributed by atoms with Crippen LogP contribution in [0, 0.1) is 5.82 Å². The number of nitrogens with one attached hydrogen (secondary N) is 1. The van der Waals surface area contributed by atoms with E-state index in [1.54, 1.807) is 6.07 Å². The zero-order valence-corrected chi connectivity index (χ0v) is 15.7. The summed E-state index contributed by atoms with van der Waals surface area (Å²) in [6.07, 6.45) is -1.92. The van der Waals surface area contributed by atoms with Crippen LogP contribution in [0.25, 0.3) is 33.6 Å². The van der Waals surface area contributed by atoms with Gasteiger partial charge in [-0.1, -0.05) is 6.92 Å². The number of esters is 1. The summed E-state index contributed by atoms with van der Waals surface area (Å²) in [5.74, 6) is -1.52. The molecule has 0 amide bonds. The van der Waals surface area contributed by atoms with E-state index in [0.29, 0.717) is 11.3 Å². The zero-order chi connectivity index (χ0) is 20.7. The number of hydrogen-bond donors (Lipinski definition) is 1. The van der Waals surface area contributed by atoms with Crippen molar-refractivity contribution in [2.75, 3.05) is 7.11 Å². The minimum atomic E-state index is -2.68. The molecule has 0 aliphatic heterocycles. The van der Waals surface area contributed by atoms with E-state index in [4.69, 9.17) is 0 Å². The number of benzene rings is 1. The van der Waals surface area contributed by atoms with E-state index in [9.17, 15) is 18.0 Å². The predicted octanol–water partition coefficient (Wildman–Crippen LogP) is 4.33. The maximum absolute atomic E-state index is 14.4. The highest BCUT2D eigenvalue weighted by molar-refractivity contribution is 5.95. The Morgan fingerprint density at radius 2 is 2.03 bits per heavy atom. The number of nitrogens with zero attached hydrogens (tertiary/aromatic N) is 3. The van der Waals surface area contributed by atoms with Gasteiger partial charge in [0, 0.05) is 17.1 Å². The van der Waals surface area contributed by atoms with E-state index in [0.717, 1.165) is 30.7 Å².